The Morgan fingerprint density at radius 2 is 1.71 bits per heavy atom. The molecule has 1 heterocycles. The topological polar surface area (TPSA) is 33.1 Å². The zero-order chi connectivity index (χ0) is 19.8. The fourth-order valence-corrected chi connectivity index (χ4v) is 3.57. The maximum Gasteiger partial charge on any atom is 0.132 e. The Balaban J connectivity index is 1.88. The van der Waals surface area contributed by atoms with Gasteiger partial charge in [0.25, 0.3) is 0 Å². The summed E-state index contributed by atoms with van der Waals surface area (Å²) in [6.45, 7) is 0. The molecular formula is C22H13Cl2F2NO. The number of hydrogen-bond acceptors (Lipinski definition) is 2. The number of halogens is 4. The SMILES string of the molecule is OC(c1ccc2nc(Cl)cc(-c3cccc(Cl)c3)c2c1)c1ccc(F)cc1F. The fraction of sp³-hybridized carbons (Fsp3) is 0.0455. The molecule has 4 aromatic rings. The van der Waals surface area contributed by atoms with Gasteiger partial charge in [-0.15, -0.1) is 0 Å². The van der Waals surface area contributed by atoms with Gasteiger partial charge >= 0.3 is 0 Å². The third-order valence-corrected chi connectivity index (χ3v) is 4.94. The molecule has 0 bridgehead atoms. The van der Waals surface area contributed by atoms with Crippen LogP contribution in [0.1, 0.15) is 17.2 Å². The van der Waals surface area contributed by atoms with Gasteiger partial charge in [0.15, 0.2) is 0 Å². The Hall–Kier alpha value is -2.53. The van der Waals surface area contributed by atoms with E-state index < -0.39 is 17.7 Å². The molecule has 0 radical (unpaired) electrons. The molecule has 6 heteroatoms. The molecule has 0 aliphatic rings. The van der Waals surface area contributed by atoms with Crippen molar-refractivity contribution in [1.82, 2.24) is 4.98 Å². The normalized spacial score (nSPS) is 12.3. The van der Waals surface area contributed by atoms with Crippen LogP contribution in [0.4, 0.5) is 8.78 Å². The molecule has 0 saturated heterocycles. The summed E-state index contributed by atoms with van der Waals surface area (Å²) in [7, 11) is 0. The van der Waals surface area contributed by atoms with Crippen molar-refractivity contribution in [1.29, 1.82) is 0 Å². The highest BCUT2D eigenvalue weighted by Gasteiger charge is 2.17. The molecule has 1 N–H and O–H groups in total. The van der Waals surface area contributed by atoms with E-state index in [0.29, 0.717) is 21.3 Å². The van der Waals surface area contributed by atoms with Crippen LogP contribution in [0.2, 0.25) is 10.2 Å². The fourth-order valence-electron chi connectivity index (χ4n) is 3.18. The molecule has 1 atom stereocenters. The summed E-state index contributed by atoms with van der Waals surface area (Å²) in [6.07, 6.45) is -1.26. The number of rotatable bonds is 3. The molecule has 3 aromatic carbocycles. The quantitative estimate of drug-likeness (QED) is 0.384. The Morgan fingerprint density at radius 3 is 2.46 bits per heavy atom. The average molecular weight is 416 g/mol. The number of nitrogens with zero attached hydrogens (tertiary/aromatic N) is 1. The molecule has 28 heavy (non-hydrogen) atoms. The Morgan fingerprint density at radius 1 is 0.893 bits per heavy atom. The van der Waals surface area contributed by atoms with Crippen molar-refractivity contribution in [3.8, 4) is 11.1 Å². The second-order valence-corrected chi connectivity index (χ2v) is 7.17. The maximum atomic E-state index is 14.1. The zero-order valence-electron chi connectivity index (χ0n) is 14.3. The number of benzene rings is 3. The van der Waals surface area contributed by atoms with Gasteiger partial charge in [-0.05, 0) is 53.1 Å². The molecule has 0 fully saturated rings. The van der Waals surface area contributed by atoms with Crippen LogP contribution < -0.4 is 0 Å². The predicted octanol–water partition coefficient (Wildman–Crippen LogP) is 6.57. The molecule has 0 saturated carbocycles. The summed E-state index contributed by atoms with van der Waals surface area (Å²) >= 11 is 12.3. The number of pyridine rings is 1. The minimum absolute atomic E-state index is 0.00743. The van der Waals surface area contributed by atoms with Crippen LogP contribution in [0.3, 0.4) is 0 Å². The lowest BCUT2D eigenvalue weighted by molar-refractivity contribution is 0.215. The van der Waals surface area contributed by atoms with E-state index in [0.717, 1.165) is 28.6 Å². The van der Waals surface area contributed by atoms with E-state index in [2.05, 4.69) is 4.98 Å². The molecule has 0 amide bonds. The van der Waals surface area contributed by atoms with Gasteiger partial charge in [-0.25, -0.2) is 13.8 Å². The van der Waals surface area contributed by atoms with Gasteiger partial charge in [-0.2, -0.15) is 0 Å². The van der Waals surface area contributed by atoms with Crippen molar-refractivity contribution in [2.24, 2.45) is 0 Å². The van der Waals surface area contributed by atoms with Crippen molar-refractivity contribution >= 4 is 34.1 Å². The van der Waals surface area contributed by atoms with E-state index in [1.54, 1.807) is 36.4 Å². The van der Waals surface area contributed by atoms with Crippen LogP contribution in [0, 0.1) is 11.6 Å². The number of aliphatic hydroxyl groups excluding tert-OH is 1. The molecule has 0 aliphatic carbocycles. The summed E-state index contributed by atoms with van der Waals surface area (Å²) in [5.41, 5.74) is 2.68. The van der Waals surface area contributed by atoms with Gasteiger partial charge in [0.2, 0.25) is 0 Å². The van der Waals surface area contributed by atoms with Gasteiger partial charge in [0, 0.05) is 22.0 Å². The molecule has 1 unspecified atom stereocenters. The van der Waals surface area contributed by atoms with Gasteiger partial charge in [-0.3, -0.25) is 0 Å². The second-order valence-electron chi connectivity index (χ2n) is 6.35. The minimum Gasteiger partial charge on any atom is -0.384 e. The lowest BCUT2D eigenvalue weighted by Gasteiger charge is -2.15. The van der Waals surface area contributed by atoms with Crippen molar-refractivity contribution in [2.45, 2.75) is 6.10 Å². The third kappa shape index (κ3) is 3.59. The first-order valence-corrected chi connectivity index (χ1v) is 9.17. The summed E-state index contributed by atoms with van der Waals surface area (Å²) in [5, 5.41) is 12.3. The van der Waals surface area contributed by atoms with E-state index in [4.69, 9.17) is 23.2 Å². The van der Waals surface area contributed by atoms with Crippen molar-refractivity contribution in [3.63, 3.8) is 0 Å². The number of aliphatic hydroxyl groups is 1. The number of aromatic nitrogens is 1. The Kier molecular flexibility index (Phi) is 5.02. The molecule has 2 nitrogen and oxygen atoms in total. The lowest BCUT2D eigenvalue weighted by atomic mass is 9.96. The van der Waals surface area contributed by atoms with Crippen molar-refractivity contribution < 1.29 is 13.9 Å². The molecular weight excluding hydrogens is 403 g/mol. The molecule has 1 aromatic heterocycles. The Labute approximate surface area is 170 Å². The predicted molar refractivity (Wildman–Crippen MR) is 108 cm³/mol. The van der Waals surface area contributed by atoms with E-state index >= 15 is 0 Å². The highest BCUT2D eigenvalue weighted by Crippen LogP contribution is 2.34. The van der Waals surface area contributed by atoms with Crippen LogP contribution in [-0.2, 0) is 0 Å². The van der Waals surface area contributed by atoms with Crippen LogP contribution in [0.5, 0.6) is 0 Å². The summed E-state index contributed by atoms with van der Waals surface area (Å²) in [4.78, 5) is 4.31. The van der Waals surface area contributed by atoms with Gasteiger partial charge in [0.1, 0.15) is 22.9 Å². The van der Waals surface area contributed by atoms with Crippen LogP contribution in [0.15, 0.2) is 66.7 Å². The van der Waals surface area contributed by atoms with Crippen LogP contribution >= 0.6 is 23.2 Å². The van der Waals surface area contributed by atoms with Crippen LogP contribution in [-0.4, -0.2) is 10.1 Å². The minimum atomic E-state index is -1.26. The standard InChI is InChI=1S/C22H13Cl2F2NO/c23-14-3-1-2-12(8-14)17-11-21(24)27-20-7-4-13(9-18(17)20)22(28)16-6-5-15(25)10-19(16)26/h1-11,22,28H. The van der Waals surface area contributed by atoms with Gasteiger partial charge < -0.3 is 5.11 Å². The first-order chi connectivity index (χ1) is 13.4. The summed E-state index contributed by atoms with van der Waals surface area (Å²) in [5.74, 6) is -1.51. The summed E-state index contributed by atoms with van der Waals surface area (Å²) in [6, 6.07) is 17.2. The smallest absolute Gasteiger partial charge is 0.132 e. The van der Waals surface area contributed by atoms with E-state index in [1.165, 1.54) is 6.07 Å². The monoisotopic (exact) mass is 415 g/mol. The first-order valence-electron chi connectivity index (χ1n) is 8.41. The number of fused-ring (bicyclic) bond motifs is 1. The van der Waals surface area contributed by atoms with Gasteiger partial charge in [-0.1, -0.05) is 47.5 Å². The molecule has 140 valence electrons. The average Bonchev–Trinajstić information content (AvgIpc) is 2.66. The first kappa shape index (κ1) is 18.8. The Bertz CT molecular complexity index is 1200. The second kappa shape index (κ2) is 7.47. The third-order valence-electron chi connectivity index (χ3n) is 4.51. The van der Waals surface area contributed by atoms with Crippen LogP contribution in [0.25, 0.3) is 22.0 Å². The lowest BCUT2D eigenvalue weighted by Crippen LogP contribution is -2.03. The van der Waals surface area contributed by atoms with E-state index in [-0.39, 0.29) is 5.56 Å². The van der Waals surface area contributed by atoms with Crippen molar-refractivity contribution in [3.05, 3.63) is 99.7 Å². The largest absolute Gasteiger partial charge is 0.384 e. The maximum absolute atomic E-state index is 14.1. The van der Waals surface area contributed by atoms with E-state index in [9.17, 15) is 13.9 Å². The highest BCUT2D eigenvalue weighted by atomic mass is 35.5. The number of hydrogen-bond donors (Lipinski definition) is 1. The highest BCUT2D eigenvalue weighted by molar-refractivity contribution is 6.31. The zero-order valence-corrected chi connectivity index (χ0v) is 15.8. The van der Waals surface area contributed by atoms with Gasteiger partial charge in [0.05, 0.1) is 5.52 Å². The van der Waals surface area contributed by atoms with E-state index in [1.807, 2.05) is 12.1 Å². The molecule has 0 spiro atoms. The molecule has 0 aliphatic heterocycles. The molecule has 4 rings (SSSR count). The van der Waals surface area contributed by atoms with Crippen molar-refractivity contribution in [2.75, 3.05) is 0 Å². The summed E-state index contributed by atoms with van der Waals surface area (Å²) < 4.78 is 27.3.